The van der Waals surface area contributed by atoms with Crippen LogP contribution in [0.2, 0.25) is 0 Å². The van der Waals surface area contributed by atoms with E-state index in [1.807, 2.05) is 30.3 Å². The Labute approximate surface area is 229 Å². The number of likely N-dealkylation sites (tertiary alicyclic amines) is 1. The van der Waals surface area contributed by atoms with E-state index in [1.165, 1.54) is 10.5 Å². The van der Waals surface area contributed by atoms with Gasteiger partial charge in [0.1, 0.15) is 0 Å². The van der Waals surface area contributed by atoms with Gasteiger partial charge in [-0.05, 0) is 67.9 Å². The molecule has 6 rings (SSSR count). The number of pyridine rings is 1. The number of hydrogen-bond donors (Lipinski definition) is 0. The van der Waals surface area contributed by atoms with Gasteiger partial charge in [0.05, 0.1) is 29.1 Å². The summed E-state index contributed by atoms with van der Waals surface area (Å²) < 4.78 is 0. The molecule has 7 heteroatoms. The summed E-state index contributed by atoms with van der Waals surface area (Å²) in [5.74, 6) is 0.247. The van der Waals surface area contributed by atoms with Gasteiger partial charge in [-0.15, -0.1) is 0 Å². The molecule has 2 fully saturated rings. The smallest absolute Gasteiger partial charge is 0.264 e. The summed E-state index contributed by atoms with van der Waals surface area (Å²) >= 11 is 0. The van der Waals surface area contributed by atoms with E-state index in [-0.39, 0.29) is 30.2 Å². The Morgan fingerprint density at radius 1 is 0.795 bits per heavy atom. The first kappa shape index (κ1) is 25.3. The molecule has 0 spiro atoms. The first-order chi connectivity index (χ1) is 19.1. The number of hydrogen-bond acceptors (Lipinski definition) is 5. The first-order valence-electron chi connectivity index (χ1n) is 14.1. The standard InChI is InChI=1S/C32H34N4O3/c37-30(35-18-7-10-24(14-21-35)23-8-2-1-3-9-23)25-15-19-34(20-16-25)28-13-6-12-27-29(28)32(39)36(31(27)38)22-26-11-4-5-17-33-26/h1-6,8-9,11-13,17,24-25H,7,10,14-16,18-22H2/t24-/m0/s1. The molecule has 0 radical (unpaired) electrons. The fourth-order valence-electron chi connectivity index (χ4n) is 6.38. The molecule has 1 atom stereocenters. The Balaban J connectivity index is 1.10. The third-order valence-corrected chi connectivity index (χ3v) is 8.52. The summed E-state index contributed by atoms with van der Waals surface area (Å²) in [5, 5.41) is 0. The fourth-order valence-corrected chi connectivity index (χ4v) is 6.38. The van der Waals surface area contributed by atoms with E-state index in [2.05, 4.69) is 45.1 Å². The zero-order valence-corrected chi connectivity index (χ0v) is 22.2. The highest BCUT2D eigenvalue weighted by Gasteiger charge is 2.39. The van der Waals surface area contributed by atoms with Gasteiger partial charge in [-0.3, -0.25) is 24.3 Å². The normalized spacial score (nSPS) is 20.2. The predicted molar refractivity (Wildman–Crippen MR) is 149 cm³/mol. The number of rotatable bonds is 5. The second-order valence-electron chi connectivity index (χ2n) is 10.8. The Bertz CT molecular complexity index is 1350. The van der Waals surface area contributed by atoms with Crippen LogP contribution in [0.15, 0.2) is 72.9 Å². The van der Waals surface area contributed by atoms with Crippen molar-refractivity contribution in [2.75, 3.05) is 31.1 Å². The van der Waals surface area contributed by atoms with Crippen molar-refractivity contribution in [2.24, 2.45) is 5.92 Å². The van der Waals surface area contributed by atoms with Crippen molar-refractivity contribution in [3.8, 4) is 0 Å². The molecule has 200 valence electrons. The van der Waals surface area contributed by atoms with E-state index in [0.29, 0.717) is 35.8 Å². The van der Waals surface area contributed by atoms with Crippen LogP contribution in [0.5, 0.6) is 0 Å². The summed E-state index contributed by atoms with van der Waals surface area (Å²) in [6.45, 7) is 3.18. The van der Waals surface area contributed by atoms with E-state index in [1.54, 1.807) is 12.3 Å². The van der Waals surface area contributed by atoms with Crippen molar-refractivity contribution < 1.29 is 14.4 Å². The lowest BCUT2D eigenvalue weighted by Crippen LogP contribution is -2.43. The van der Waals surface area contributed by atoms with Crippen LogP contribution in [0.4, 0.5) is 5.69 Å². The van der Waals surface area contributed by atoms with Crippen molar-refractivity contribution in [3.63, 3.8) is 0 Å². The Morgan fingerprint density at radius 3 is 2.36 bits per heavy atom. The van der Waals surface area contributed by atoms with Gasteiger partial charge >= 0.3 is 0 Å². The van der Waals surface area contributed by atoms with Gasteiger partial charge in [0.2, 0.25) is 5.91 Å². The molecule has 0 saturated carbocycles. The Morgan fingerprint density at radius 2 is 1.59 bits per heavy atom. The minimum atomic E-state index is -0.275. The van der Waals surface area contributed by atoms with Crippen LogP contribution in [-0.4, -0.2) is 58.7 Å². The average molecular weight is 523 g/mol. The number of piperidine rings is 1. The fraction of sp³-hybridized carbons (Fsp3) is 0.375. The van der Waals surface area contributed by atoms with Crippen molar-refractivity contribution in [3.05, 3.63) is 95.3 Å². The largest absolute Gasteiger partial charge is 0.371 e. The lowest BCUT2D eigenvalue weighted by molar-refractivity contribution is -0.136. The second-order valence-corrected chi connectivity index (χ2v) is 10.8. The molecule has 0 N–H and O–H groups in total. The highest BCUT2D eigenvalue weighted by atomic mass is 16.2. The molecule has 0 aliphatic carbocycles. The monoisotopic (exact) mass is 522 g/mol. The molecule has 7 nitrogen and oxygen atoms in total. The molecule has 1 aromatic heterocycles. The average Bonchev–Trinajstić information content (AvgIpc) is 3.14. The molecule has 2 aromatic carbocycles. The SMILES string of the molecule is O=C(C1CCN(c2cccc3c2C(=O)N(Cc2ccccn2)C3=O)CC1)N1CCC[C@H](c2ccccc2)CC1. The number of imide groups is 1. The number of amides is 3. The van der Waals surface area contributed by atoms with Crippen molar-refractivity contribution in [2.45, 2.75) is 44.6 Å². The summed E-state index contributed by atoms with van der Waals surface area (Å²) in [6.07, 6.45) is 6.33. The predicted octanol–water partition coefficient (Wildman–Crippen LogP) is 4.89. The maximum Gasteiger partial charge on any atom is 0.264 e. The summed E-state index contributed by atoms with van der Waals surface area (Å²) in [6, 6.07) is 21.6. The second kappa shape index (κ2) is 11.0. The number of fused-ring (bicyclic) bond motifs is 1. The molecule has 3 aliphatic heterocycles. The molecule has 3 aliphatic rings. The van der Waals surface area contributed by atoms with Crippen LogP contribution in [0.1, 0.15) is 70.0 Å². The molecule has 39 heavy (non-hydrogen) atoms. The number of carbonyl (C=O) groups excluding carboxylic acids is 3. The van der Waals surface area contributed by atoms with Gasteiger partial charge in [0.25, 0.3) is 11.8 Å². The number of benzene rings is 2. The van der Waals surface area contributed by atoms with Crippen molar-refractivity contribution >= 4 is 23.4 Å². The van der Waals surface area contributed by atoms with Crippen LogP contribution < -0.4 is 4.90 Å². The van der Waals surface area contributed by atoms with E-state index in [4.69, 9.17) is 0 Å². The van der Waals surface area contributed by atoms with Gasteiger partial charge in [-0.2, -0.15) is 0 Å². The summed E-state index contributed by atoms with van der Waals surface area (Å²) in [4.78, 5) is 49.8. The minimum Gasteiger partial charge on any atom is -0.371 e. The molecular weight excluding hydrogens is 488 g/mol. The topological polar surface area (TPSA) is 73.8 Å². The zero-order valence-electron chi connectivity index (χ0n) is 22.2. The van der Waals surface area contributed by atoms with Gasteiger partial charge in [-0.25, -0.2) is 0 Å². The van der Waals surface area contributed by atoms with Gasteiger partial charge in [0, 0.05) is 38.3 Å². The zero-order chi connectivity index (χ0) is 26.8. The number of carbonyl (C=O) groups is 3. The van der Waals surface area contributed by atoms with E-state index >= 15 is 0 Å². The van der Waals surface area contributed by atoms with Crippen molar-refractivity contribution in [1.29, 1.82) is 0 Å². The molecule has 3 amide bonds. The van der Waals surface area contributed by atoms with E-state index in [9.17, 15) is 14.4 Å². The third kappa shape index (κ3) is 5.05. The van der Waals surface area contributed by atoms with Crippen LogP contribution in [0.25, 0.3) is 0 Å². The van der Waals surface area contributed by atoms with Gasteiger partial charge in [-0.1, -0.05) is 42.5 Å². The molecular formula is C32H34N4O3. The summed E-state index contributed by atoms with van der Waals surface area (Å²) in [5.41, 5.74) is 3.77. The third-order valence-electron chi connectivity index (χ3n) is 8.52. The Kier molecular flexibility index (Phi) is 7.14. The van der Waals surface area contributed by atoms with Gasteiger partial charge < -0.3 is 9.80 Å². The lowest BCUT2D eigenvalue weighted by Gasteiger charge is -2.36. The molecule has 0 bridgehead atoms. The first-order valence-corrected chi connectivity index (χ1v) is 14.1. The van der Waals surface area contributed by atoms with E-state index < -0.39 is 0 Å². The Hall–Kier alpha value is -4.00. The number of aromatic nitrogens is 1. The molecule has 2 saturated heterocycles. The maximum atomic E-state index is 13.5. The van der Waals surface area contributed by atoms with Crippen LogP contribution in [0, 0.1) is 5.92 Å². The minimum absolute atomic E-state index is 0.00396. The van der Waals surface area contributed by atoms with E-state index in [0.717, 1.165) is 50.9 Å². The quantitative estimate of drug-likeness (QED) is 0.446. The highest BCUT2D eigenvalue weighted by molar-refractivity contribution is 6.23. The molecule has 3 aromatic rings. The van der Waals surface area contributed by atoms with Crippen LogP contribution >= 0.6 is 0 Å². The number of anilines is 1. The van der Waals surface area contributed by atoms with Gasteiger partial charge in [0.15, 0.2) is 0 Å². The molecule has 4 heterocycles. The maximum absolute atomic E-state index is 13.5. The van der Waals surface area contributed by atoms with Crippen LogP contribution in [0.3, 0.4) is 0 Å². The van der Waals surface area contributed by atoms with Crippen LogP contribution in [-0.2, 0) is 11.3 Å². The highest BCUT2D eigenvalue weighted by Crippen LogP contribution is 2.35. The molecule has 0 unspecified atom stereocenters. The summed E-state index contributed by atoms with van der Waals surface area (Å²) in [7, 11) is 0. The number of nitrogens with zero attached hydrogens (tertiary/aromatic N) is 4. The lowest BCUT2D eigenvalue weighted by atomic mass is 9.92. The van der Waals surface area contributed by atoms with Crippen molar-refractivity contribution in [1.82, 2.24) is 14.8 Å².